The monoisotopic (exact) mass is 267 g/mol. The first-order valence-corrected chi connectivity index (χ1v) is 6.58. The van der Waals surface area contributed by atoms with E-state index in [0.29, 0.717) is 13.2 Å². The van der Waals surface area contributed by atoms with Crippen molar-refractivity contribution < 1.29 is 9.84 Å². The van der Waals surface area contributed by atoms with Gasteiger partial charge >= 0.3 is 0 Å². The van der Waals surface area contributed by atoms with Crippen LogP contribution in [-0.4, -0.2) is 48.5 Å². The van der Waals surface area contributed by atoms with Crippen LogP contribution in [-0.2, 0) is 4.74 Å². The van der Waals surface area contributed by atoms with Gasteiger partial charge in [0.25, 0.3) is 0 Å². The maximum Gasteiger partial charge on any atom is 0.149 e. The van der Waals surface area contributed by atoms with Gasteiger partial charge in [0.1, 0.15) is 12.1 Å². The van der Waals surface area contributed by atoms with Crippen molar-refractivity contribution in [2.45, 2.75) is 13.0 Å². The Bertz CT molecular complexity index is 529. The zero-order valence-electron chi connectivity index (χ0n) is 10.8. The number of aliphatic hydroxyl groups excluding tert-OH is 1. The lowest BCUT2D eigenvalue weighted by Gasteiger charge is -2.21. The number of hydrogen-bond donors (Lipinski definition) is 1. The number of aromatic nitrogens is 2. The molecule has 0 aliphatic carbocycles. The van der Waals surface area contributed by atoms with Crippen molar-refractivity contribution in [3.63, 3.8) is 0 Å². The lowest BCUT2D eigenvalue weighted by Crippen LogP contribution is -2.32. The van der Waals surface area contributed by atoms with Crippen molar-refractivity contribution in [3.05, 3.63) is 17.3 Å². The van der Waals surface area contributed by atoms with Gasteiger partial charge in [-0.1, -0.05) is 0 Å². The molecule has 0 saturated carbocycles. The van der Waals surface area contributed by atoms with Gasteiger partial charge < -0.3 is 14.7 Å². The Morgan fingerprint density at radius 2 is 2.28 bits per heavy atom. The van der Waals surface area contributed by atoms with Crippen LogP contribution in [0.1, 0.15) is 5.56 Å². The Balaban J connectivity index is 2.25. The third-order valence-corrected chi connectivity index (χ3v) is 3.80. The maximum absolute atomic E-state index is 9.75. The van der Waals surface area contributed by atoms with Crippen LogP contribution in [0, 0.1) is 6.92 Å². The van der Waals surface area contributed by atoms with E-state index in [2.05, 4.69) is 15.3 Å². The lowest BCUT2D eigenvalue weighted by molar-refractivity contribution is 0.0694. The first kappa shape index (κ1) is 13.2. The Morgan fingerprint density at radius 3 is 3.00 bits per heavy atom. The van der Waals surface area contributed by atoms with Gasteiger partial charge in [0.05, 0.1) is 22.9 Å². The van der Waals surface area contributed by atoms with Crippen molar-refractivity contribution >= 4 is 27.4 Å². The number of ether oxygens (including phenoxy) is 1. The summed E-state index contributed by atoms with van der Waals surface area (Å²) in [5.74, 6) is 0.855. The van der Waals surface area contributed by atoms with E-state index in [0.717, 1.165) is 21.6 Å². The number of thiophene rings is 1. The number of methoxy groups -OCH3 is 1. The normalized spacial score (nSPS) is 12.9. The molecule has 0 aliphatic heterocycles. The Labute approximate surface area is 110 Å². The van der Waals surface area contributed by atoms with Gasteiger partial charge in [-0.25, -0.2) is 9.97 Å². The molecule has 0 spiro atoms. The third kappa shape index (κ3) is 2.60. The van der Waals surface area contributed by atoms with Gasteiger partial charge in [0.2, 0.25) is 0 Å². The largest absolute Gasteiger partial charge is 0.389 e. The summed E-state index contributed by atoms with van der Waals surface area (Å²) >= 11 is 1.63. The van der Waals surface area contributed by atoms with Crippen LogP contribution in [0.25, 0.3) is 10.2 Å². The highest BCUT2D eigenvalue weighted by atomic mass is 32.1. The van der Waals surface area contributed by atoms with Crippen LogP contribution >= 0.6 is 11.3 Å². The average molecular weight is 267 g/mol. The second kappa shape index (κ2) is 5.60. The quantitative estimate of drug-likeness (QED) is 0.888. The van der Waals surface area contributed by atoms with E-state index < -0.39 is 6.10 Å². The smallest absolute Gasteiger partial charge is 0.149 e. The van der Waals surface area contributed by atoms with E-state index >= 15 is 0 Å². The van der Waals surface area contributed by atoms with E-state index in [-0.39, 0.29) is 0 Å². The molecule has 0 aliphatic rings. The van der Waals surface area contributed by atoms with Crippen molar-refractivity contribution in [1.82, 2.24) is 9.97 Å². The topological polar surface area (TPSA) is 58.5 Å². The summed E-state index contributed by atoms with van der Waals surface area (Å²) in [6.45, 7) is 2.84. The van der Waals surface area contributed by atoms with E-state index in [1.807, 2.05) is 18.9 Å². The fraction of sp³-hybridized carbons (Fsp3) is 0.500. The molecule has 1 atom stereocenters. The van der Waals surface area contributed by atoms with Crippen LogP contribution in [0.3, 0.4) is 0 Å². The minimum absolute atomic E-state index is 0.321. The summed E-state index contributed by atoms with van der Waals surface area (Å²) in [5.41, 5.74) is 2.14. The number of fused-ring (bicyclic) bond motifs is 1. The van der Waals surface area contributed by atoms with Crippen molar-refractivity contribution in [1.29, 1.82) is 0 Å². The summed E-state index contributed by atoms with van der Waals surface area (Å²) in [5, 5.41) is 11.8. The first-order valence-electron chi connectivity index (χ1n) is 5.70. The zero-order valence-corrected chi connectivity index (χ0v) is 11.6. The molecular formula is C12H17N3O2S. The lowest BCUT2D eigenvalue weighted by atomic mass is 10.3. The predicted molar refractivity (Wildman–Crippen MR) is 73.3 cm³/mol. The van der Waals surface area contributed by atoms with Gasteiger partial charge in [-0.3, -0.25) is 0 Å². The second-order valence-electron chi connectivity index (χ2n) is 4.28. The van der Waals surface area contributed by atoms with Crippen molar-refractivity contribution in [2.75, 3.05) is 32.2 Å². The number of aliphatic hydroxyl groups is 1. The molecule has 0 bridgehead atoms. The SMILES string of the molecule is COCC(O)CN(C)c1ncnc2c(C)csc12. The molecule has 6 heteroatoms. The van der Waals surface area contributed by atoms with Gasteiger partial charge in [-0.05, 0) is 17.9 Å². The molecule has 2 aromatic heterocycles. The summed E-state index contributed by atoms with van der Waals surface area (Å²) < 4.78 is 5.98. The molecule has 1 unspecified atom stereocenters. The minimum Gasteiger partial charge on any atom is -0.389 e. The van der Waals surface area contributed by atoms with Crippen molar-refractivity contribution in [2.24, 2.45) is 0 Å². The predicted octanol–water partition coefficient (Wildman–Crippen LogP) is 1.44. The minimum atomic E-state index is -0.522. The number of hydrogen-bond acceptors (Lipinski definition) is 6. The molecule has 0 amide bonds. The molecule has 0 aromatic carbocycles. The highest BCUT2D eigenvalue weighted by Crippen LogP contribution is 2.30. The number of aryl methyl sites for hydroxylation is 1. The number of nitrogens with zero attached hydrogens (tertiary/aromatic N) is 3. The molecule has 1 N–H and O–H groups in total. The Hall–Kier alpha value is -1.24. The summed E-state index contributed by atoms with van der Waals surface area (Å²) in [6.07, 6.45) is 1.04. The molecular weight excluding hydrogens is 250 g/mol. The molecule has 18 heavy (non-hydrogen) atoms. The van der Waals surface area contributed by atoms with Gasteiger partial charge in [0, 0.05) is 20.7 Å². The molecule has 5 nitrogen and oxygen atoms in total. The molecule has 0 fully saturated rings. The molecule has 98 valence electrons. The van der Waals surface area contributed by atoms with E-state index in [1.165, 1.54) is 0 Å². The van der Waals surface area contributed by atoms with Gasteiger partial charge in [0.15, 0.2) is 0 Å². The third-order valence-electron chi connectivity index (χ3n) is 2.72. The van der Waals surface area contributed by atoms with Gasteiger partial charge in [-0.2, -0.15) is 0 Å². The maximum atomic E-state index is 9.75. The van der Waals surface area contributed by atoms with E-state index in [9.17, 15) is 5.11 Å². The highest BCUT2D eigenvalue weighted by Gasteiger charge is 2.14. The van der Waals surface area contributed by atoms with Crippen LogP contribution < -0.4 is 4.90 Å². The van der Waals surface area contributed by atoms with E-state index in [4.69, 9.17) is 4.74 Å². The Kier molecular flexibility index (Phi) is 4.11. The van der Waals surface area contributed by atoms with Crippen LogP contribution in [0.4, 0.5) is 5.82 Å². The average Bonchev–Trinajstić information content (AvgIpc) is 2.71. The van der Waals surface area contributed by atoms with Gasteiger partial charge in [-0.15, -0.1) is 11.3 Å². The molecule has 0 saturated heterocycles. The number of anilines is 1. The number of likely N-dealkylation sites (N-methyl/N-ethyl adjacent to an activating group) is 1. The molecule has 2 rings (SSSR count). The van der Waals surface area contributed by atoms with Crippen molar-refractivity contribution in [3.8, 4) is 0 Å². The van der Waals surface area contributed by atoms with Crippen LogP contribution in [0.5, 0.6) is 0 Å². The molecule has 0 radical (unpaired) electrons. The van der Waals surface area contributed by atoms with Crippen LogP contribution in [0.15, 0.2) is 11.7 Å². The van der Waals surface area contributed by atoms with E-state index in [1.54, 1.807) is 24.8 Å². The first-order chi connectivity index (χ1) is 8.63. The second-order valence-corrected chi connectivity index (χ2v) is 5.16. The molecule has 2 aromatic rings. The standard InChI is InChI=1S/C12H17N3O2S/c1-8-6-18-11-10(8)13-7-14-12(11)15(2)4-9(16)5-17-3/h6-7,9,16H,4-5H2,1-3H3. The highest BCUT2D eigenvalue weighted by molar-refractivity contribution is 7.18. The molecule has 2 heterocycles. The fourth-order valence-corrected chi connectivity index (χ4v) is 2.92. The van der Waals surface area contributed by atoms with Crippen LogP contribution in [0.2, 0.25) is 0 Å². The zero-order chi connectivity index (χ0) is 13.1. The summed E-state index contributed by atoms with van der Waals surface area (Å²) in [7, 11) is 3.49. The summed E-state index contributed by atoms with van der Waals surface area (Å²) in [6, 6.07) is 0. The summed E-state index contributed by atoms with van der Waals surface area (Å²) in [4.78, 5) is 10.5. The number of rotatable bonds is 5. The fourth-order valence-electron chi connectivity index (χ4n) is 1.88. The Morgan fingerprint density at radius 1 is 1.50 bits per heavy atom.